The van der Waals surface area contributed by atoms with E-state index in [2.05, 4.69) is 11.2 Å². The molecule has 0 aromatic carbocycles. The molecule has 0 aliphatic carbocycles. The van der Waals surface area contributed by atoms with Crippen molar-refractivity contribution in [3.05, 3.63) is 0 Å². The van der Waals surface area contributed by atoms with Gasteiger partial charge in [-0.1, -0.05) is 0 Å². The summed E-state index contributed by atoms with van der Waals surface area (Å²) < 4.78 is 0. The topological polar surface area (TPSA) is 29.1 Å². The molecule has 0 atom stereocenters. The fourth-order valence-corrected chi connectivity index (χ4v) is 0.664. The fraction of sp³-hybridized carbons (Fsp3) is 0.700. The van der Waals surface area contributed by atoms with Gasteiger partial charge in [-0.05, 0) is 20.8 Å². The van der Waals surface area contributed by atoms with Gasteiger partial charge in [0.05, 0.1) is 6.54 Å². The zero-order valence-electron chi connectivity index (χ0n) is 8.11. The van der Waals surface area contributed by atoms with E-state index in [-0.39, 0.29) is 11.3 Å². The highest BCUT2D eigenvalue weighted by atomic mass is 16.1. The minimum absolute atomic E-state index is 0.00576. The molecule has 0 aromatic heterocycles. The summed E-state index contributed by atoms with van der Waals surface area (Å²) in [5.74, 6) is 2.63. The minimum Gasteiger partial charge on any atom is -0.305 e. The molecule has 12 heavy (non-hydrogen) atoms. The molecule has 2 nitrogen and oxygen atoms in total. The normalized spacial score (nSPS) is 10.8. The van der Waals surface area contributed by atoms with Crippen LogP contribution < -0.4 is 5.32 Å². The van der Waals surface area contributed by atoms with Crippen LogP contribution in [0.1, 0.15) is 33.6 Å². The van der Waals surface area contributed by atoms with E-state index >= 15 is 0 Å². The lowest BCUT2D eigenvalue weighted by Crippen LogP contribution is -2.39. The molecule has 2 heteroatoms. The van der Waals surface area contributed by atoms with Gasteiger partial charge in [-0.2, -0.15) is 0 Å². The molecule has 1 N–H and O–H groups in total. The number of rotatable bonds is 4. The molecule has 0 aliphatic rings. The molecule has 0 unspecified atom stereocenters. The van der Waals surface area contributed by atoms with Crippen molar-refractivity contribution in [2.45, 2.75) is 39.2 Å². The second-order valence-corrected chi connectivity index (χ2v) is 3.85. The summed E-state index contributed by atoms with van der Waals surface area (Å²) in [4.78, 5) is 11.1. The summed E-state index contributed by atoms with van der Waals surface area (Å²) >= 11 is 0. The molecule has 68 valence electrons. The molecular formula is C10H17NO. The number of hydrogen-bond acceptors (Lipinski definition) is 2. The molecule has 0 radical (unpaired) electrons. The van der Waals surface area contributed by atoms with Crippen LogP contribution >= 0.6 is 0 Å². The number of hydrogen-bond donors (Lipinski definition) is 1. The fourth-order valence-electron chi connectivity index (χ4n) is 0.664. The largest absolute Gasteiger partial charge is 0.305 e. The maximum absolute atomic E-state index is 11.1. The van der Waals surface area contributed by atoms with Gasteiger partial charge in [-0.15, -0.1) is 12.3 Å². The first kappa shape index (κ1) is 11.2. The van der Waals surface area contributed by atoms with Gasteiger partial charge in [-0.3, -0.25) is 4.79 Å². The molecule has 0 aliphatic heterocycles. The highest BCUT2D eigenvalue weighted by Crippen LogP contribution is 1.98. The minimum atomic E-state index is 0.00576. The van der Waals surface area contributed by atoms with Gasteiger partial charge in [0.2, 0.25) is 0 Å². The highest BCUT2D eigenvalue weighted by molar-refractivity contribution is 5.80. The maximum Gasteiger partial charge on any atom is 0.147 e. The smallest absolute Gasteiger partial charge is 0.147 e. The molecular weight excluding hydrogens is 150 g/mol. The van der Waals surface area contributed by atoms with Crippen LogP contribution in [0.3, 0.4) is 0 Å². The van der Waals surface area contributed by atoms with Crippen LogP contribution in [0, 0.1) is 12.3 Å². The molecule has 0 aromatic rings. The average Bonchev–Trinajstić information content (AvgIpc) is 1.95. The van der Waals surface area contributed by atoms with Gasteiger partial charge in [0.25, 0.3) is 0 Å². The Morgan fingerprint density at radius 2 is 2.08 bits per heavy atom. The first-order chi connectivity index (χ1) is 5.45. The van der Waals surface area contributed by atoms with Crippen molar-refractivity contribution < 1.29 is 4.79 Å². The number of terminal acetylenes is 1. The third-order valence-electron chi connectivity index (χ3n) is 1.36. The van der Waals surface area contributed by atoms with E-state index in [9.17, 15) is 4.79 Å². The van der Waals surface area contributed by atoms with Crippen molar-refractivity contribution >= 4 is 5.78 Å². The Kier molecular flexibility index (Phi) is 4.61. The van der Waals surface area contributed by atoms with Crippen LogP contribution in [0.15, 0.2) is 0 Å². The molecule has 0 rings (SSSR count). The molecule has 0 saturated carbocycles. The Morgan fingerprint density at radius 3 is 2.50 bits per heavy atom. The van der Waals surface area contributed by atoms with E-state index in [0.717, 1.165) is 0 Å². The summed E-state index contributed by atoms with van der Waals surface area (Å²) in [7, 11) is 0. The monoisotopic (exact) mass is 167 g/mol. The van der Waals surface area contributed by atoms with E-state index in [4.69, 9.17) is 6.42 Å². The zero-order chi connectivity index (χ0) is 9.61. The van der Waals surface area contributed by atoms with E-state index in [1.54, 1.807) is 0 Å². The second-order valence-electron chi connectivity index (χ2n) is 3.85. The number of carbonyl (C=O) groups is 1. The zero-order valence-corrected chi connectivity index (χ0v) is 8.11. The van der Waals surface area contributed by atoms with Crippen molar-refractivity contribution in [1.82, 2.24) is 5.32 Å². The van der Waals surface area contributed by atoms with Crippen molar-refractivity contribution in [2.24, 2.45) is 0 Å². The van der Waals surface area contributed by atoms with E-state index in [1.165, 1.54) is 0 Å². The third kappa shape index (κ3) is 7.30. The Balaban J connectivity index is 3.53. The van der Waals surface area contributed by atoms with E-state index in [1.807, 2.05) is 20.8 Å². The van der Waals surface area contributed by atoms with Crippen molar-refractivity contribution in [3.8, 4) is 12.3 Å². The maximum atomic E-state index is 11.1. The Hall–Kier alpha value is -0.810. The SMILES string of the molecule is C#CCCC(=O)CNC(C)(C)C. The van der Waals surface area contributed by atoms with Crippen LogP contribution in [0.4, 0.5) is 0 Å². The predicted octanol–water partition coefficient (Wildman–Crippen LogP) is 1.36. The van der Waals surface area contributed by atoms with Crippen LogP contribution in [0.5, 0.6) is 0 Å². The predicted molar refractivity (Wildman–Crippen MR) is 50.8 cm³/mol. The van der Waals surface area contributed by atoms with Crippen molar-refractivity contribution in [3.63, 3.8) is 0 Å². The lowest BCUT2D eigenvalue weighted by molar-refractivity contribution is -0.118. The van der Waals surface area contributed by atoms with Crippen LogP contribution in [-0.2, 0) is 4.79 Å². The first-order valence-corrected chi connectivity index (χ1v) is 4.16. The highest BCUT2D eigenvalue weighted by Gasteiger charge is 2.10. The number of nitrogens with one attached hydrogen (secondary N) is 1. The van der Waals surface area contributed by atoms with E-state index in [0.29, 0.717) is 19.4 Å². The summed E-state index contributed by atoms with van der Waals surface area (Å²) in [5, 5.41) is 3.11. The number of ketones is 1. The van der Waals surface area contributed by atoms with E-state index < -0.39 is 0 Å². The first-order valence-electron chi connectivity index (χ1n) is 4.16. The van der Waals surface area contributed by atoms with Crippen LogP contribution in [0.25, 0.3) is 0 Å². The molecule has 0 fully saturated rings. The molecule has 0 bridgehead atoms. The molecule has 0 spiro atoms. The Morgan fingerprint density at radius 1 is 1.50 bits per heavy atom. The van der Waals surface area contributed by atoms with Gasteiger partial charge in [-0.25, -0.2) is 0 Å². The van der Waals surface area contributed by atoms with Gasteiger partial charge in [0.15, 0.2) is 0 Å². The lowest BCUT2D eigenvalue weighted by Gasteiger charge is -2.19. The second kappa shape index (κ2) is 4.95. The van der Waals surface area contributed by atoms with Gasteiger partial charge < -0.3 is 5.32 Å². The quantitative estimate of drug-likeness (QED) is 0.640. The van der Waals surface area contributed by atoms with Crippen LogP contribution in [0.2, 0.25) is 0 Å². The van der Waals surface area contributed by atoms with Crippen molar-refractivity contribution in [2.75, 3.05) is 6.54 Å². The van der Waals surface area contributed by atoms with Gasteiger partial charge in [0, 0.05) is 18.4 Å². The summed E-state index contributed by atoms with van der Waals surface area (Å²) in [6, 6.07) is 0. The third-order valence-corrected chi connectivity index (χ3v) is 1.36. The van der Waals surface area contributed by atoms with Gasteiger partial charge in [0.1, 0.15) is 5.78 Å². The molecule has 0 saturated heterocycles. The summed E-state index contributed by atoms with van der Waals surface area (Å²) in [5.41, 5.74) is 0.00576. The Bertz CT molecular complexity index is 183. The summed E-state index contributed by atoms with van der Waals surface area (Å²) in [6.45, 7) is 6.51. The lowest BCUT2D eigenvalue weighted by atomic mass is 10.1. The molecule has 0 heterocycles. The number of Topliss-reactive ketones (excluding diaryl/α,β-unsaturated/α-hetero) is 1. The Labute approximate surface area is 74.7 Å². The van der Waals surface area contributed by atoms with Crippen LogP contribution in [-0.4, -0.2) is 17.9 Å². The van der Waals surface area contributed by atoms with Crippen molar-refractivity contribution in [1.29, 1.82) is 0 Å². The number of carbonyl (C=O) groups excluding carboxylic acids is 1. The average molecular weight is 167 g/mol. The standard InChI is InChI=1S/C10H17NO/c1-5-6-7-9(12)8-11-10(2,3)4/h1,11H,6-8H2,2-4H3. The van der Waals surface area contributed by atoms with Gasteiger partial charge >= 0.3 is 0 Å². The summed E-state index contributed by atoms with van der Waals surface area (Å²) in [6.07, 6.45) is 6.07. The molecule has 0 amide bonds.